The van der Waals surface area contributed by atoms with Crippen molar-refractivity contribution in [3.05, 3.63) is 70.9 Å². The molecule has 3 heteroatoms. The number of anilines is 1. The largest absolute Gasteiger partial charge is 0.379 e. The summed E-state index contributed by atoms with van der Waals surface area (Å²) in [6.45, 7) is 2.75. The third-order valence-electron chi connectivity index (χ3n) is 3.30. The highest BCUT2D eigenvalue weighted by Crippen LogP contribution is 2.20. The van der Waals surface area contributed by atoms with Gasteiger partial charge >= 0.3 is 0 Å². The van der Waals surface area contributed by atoms with Gasteiger partial charge in [-0.05, 0) is 42.8 Å². The molecule has 0 bridgehead atoms. The summed E-state index contributed by atoms with van der Waals surface area (Å²) in [6.07, 6.45) is 0. The molecule has 1 N–H and O–H groups in total. The molecule has 0 unspecified atom stereocenters. The van der Waals surface area contributed by atoms with E-state index >= 15 is 0 Å². The molecule has 2 nitrogen and oxygen atoms in total. The molecule has 3 rings (SSSR count). The van der Waals surface area contributed by atoms with E-state index in [9.17, 15) is 0 Å². The van der Waals surface area contributed by atoms with Crippen LogP contribution in [-0.4, -0.2) is 4.98 Å². The molecule has 1 aromatic heterocycles. The molecule has 0 radical (unpaired) electrons. The Morgan fingerprint density at radius 3 is 2.75 bits per heavy atom. The lowest BCUT2D eigenvalue weighted by atomic mass is 10.2. The van der Waals surface area contributed by atoms with E-state index in [0.29, 0.717) is 6.54 Å². The first-order valence-electron chi connectivity index (χ1n) is 6.57. The highest BCUT2D eigenvalue weighted by Gasteiger charge is 2.01. The van der Waals surface area contributed by atoms with Crippen molar-refractivity contribution in [1.82, 2.24) is 4.98 Å². The van der Waals surface area contributed by atoms with Crippen LogP contribution < -0.4 is 5.32 Å². The van der Waals surface area contributed by atoms with Crippen LogP contribution in [0, 0.1) is 6.92 Å². The minimum Gasteiger partial charge on any atom is -0.379 e. The van der Waals surface area contributed by atoms with E-state index in [1.54, 1.807) is 0 Å². The van der Waals surface area contributed by atoms with Crippen molar-refractivity contribution in [1.29, 1.82) is 0 Å². The van der Waals surface area contributed by atoms with Crippen LogP contribution in [0.25, 0.3) is 10.9 Å². The standard InChI is InChI=1S/C17H15ClN2/c1-12-10-14(18)7-9-16(12)19-11-15-8-6-13-4-2-3-5-17(13)20-15/h2-10,19H,11H2,1H3. The molecular formula is C17H15ClN2. The van der Waals surface area contributed by atoms with E-state index in [2.05, 4.69) is 28.5 Å². The fourth-order valence-corrected chi connectivity index (χ4v) is 2.44. The van der Waals surface area contributed by atoms with Gasteiger partial charge < -0.3 is 5.32 Å². The van der Waals surface area contributed by atoms with Crippen molar-refractivity contribution in [3.8, 4) is 0 Å². The van der Waals surface area contributed by atoms with Crippen molar-refractivity contribution < 1.29 is 0 Å². The van der Waals surface area contributed by atoms with E-state index in [-0.39, 0.29) is 0 Å². The molecule has 2 aromatic carbocycles. The first kappa shape index (κ1) is 12.9. The zero-order valence-electron chi connectivity index (χ0n) is 11.2. The SMILES string of the molecule is Cc1cc(Cl)ccc1NCc1ccc2ccccc2n1. The maximum absolute atomic E-state index is 5.96. The van der Waals surface area contributed by atoms with E-state index in [1.165, 1.54) is 5.39 Å². The smallest absolute Gasteiger partial charge is 0.0706 e. The Balaban J connectivity index is 1.79. The molecule has 3 aromatic rings. The number of para-hydroxylation sites is 1. The molecule has 100 valence electrons. The molecule has 0 saturated heterocycles. The van der Waals surface area contributed by atoms with E-state index in [1.807, 2.05) is 43.3 Å². The van der Waals surface area contributed by atoms with Crippen LogP contribution in [0.4, 0.5) is 5.69 Å². The quantitative estimate of drug-likeness (QED) is 0.746. The lowest BCUT2D eigenvalue weighted by Gasteiger charge is -2.10. The summed E-state index contributed by atoms with van der Waals surface area (Å²) in [4.78, 5) is 4.65. The monoisotopic (exact) mass is 282 g/mol. The number of hydrogen-bond acceptors (Lipinski definition) is 2. The van der Waals surface area contributed by atoms with Gasteiger partial charge in [-0.1, -0.05) is 35.9 Å². The van der Waals surface area contributed by atoms with E-state index < -0.39 is 0 Å². The van der Waals surface area contributed by atoms with Crippen LogP contribution in [0.2, 0.25) is 5.02 Å². The lowest BCUT2D eigenvalue weighted by Crippen LogP contribution is -2.02. The number of pyridine rings is 1. The maximum atomic E-state index is 5.96. The first-order valence-corrected chi connectivity index (χ1v) is 6.95. The van der Waals surface area contributed by atoms with Crippen LogP contribution in [0.15, 0.2) is 54.6 Å². The highest BCUT2D eigenvalue weighted by molar-refractivity contribution is 6.30. The number of rotatable bonds is 3. The third kappa shape index (κ3) is 2.75. The van der Waals surface area contributed by atoms with E-state index in [0.717, 1.165) is 27.5 Å². The minimum absolute atomic E-state index is 0.702. The van der Waals surface area contributed by atoms with Crippen molar-refractivity contribution in [2.24, 2.45) is 0 Å². The predicted octanol–water partition coefficient (Wildman–Crippen LogP) is 4.81. The number of benzene rings is 2. The van der Waals surface area contributed by atoms with Gasteiger partial charge in [0.05, 0.1) is 17.8 Å². The number of aromatic nitrogens is 1. The Labute approximate surface area is 123 Å². The van der Waals surface area contributed by atoms with Gasteiger partial charge in [-0.25, -0.2) is 0 Å². The molecule has 20 heavy (non-hydrogen) atoms. The Morgan fingerprint density at radius 2 is 1.90 bits per heavy atom. The average Bonchev–Trinajstić information content (AvgIpc) is 2.46. The number of fused-ring (bicyclic) bond motifs is 1. The summed E-state index contributed by atoms with van der Waals surface area (Å²) in [6, 6.07) is 18.2. The molecule has 0 amide bonds. The van der Waals surface area contributed by atoms with Crippen LogP contribution in [0.5, 0.6) is 0 Å². The fourth-order valence-electron chi connectivity index (χ4n) is 2.22. The van der Waals surface area contributed by atoms with Gasteiger partial charge in [0.15, 0.2) is 0 Å². The van der Waals surface area contributed by atoms with Crippen LogP contribution in [0.3, 0.4) is 0 Å². The van der Waals surface area contributed by atoms with Gasteiger partial charge in [-0.2, -0.15) is 0 Å². The summed E-state index contributed by atoms with van der Waals surface area (Å²) in [5, 5.41) is 5.33. The number of aryl methyl sites for hydroxylation is 1. The molecule has 0 spiro atoms. The van der Waals surface area contributed by atoms with Crippen LogP contribution in [-0.2, 0) is 6.54 Å². The minimum atomic E-state index is 0.702. The van der Waals surface area contributed by atoms with Gasteiger partial charge in [0, 0.05) is 16.1 Å². The normalized spacial score (nSPS) is 10.7. The van der Waals surface area contributed by atoms with Gasteiger partial charge in [0.1, 0.15) is 0 Å². The summed E-state index contributed by atoms with van der Waals surface area (Å²) >= 11 is 5.96. The second-order valence-electron chi connectivity index (χ2n) is 4.81. The maximum Gasteiger partial charge on any atom is 0.0706 e. The molecular weight excluding hydrogens is 268 g/mol. The first-order chi connectivity index (χ1) is 9.72. The fraction of sp³-hybridized carbons (Fsp3) is 0.118. The second kappa shape index (κ2) is 5.51. The Hall–Kier alpha value is -2.06. The van der Waals surface area contributed by atoms with Crippen molar-refractivity contribution in [2.75, 3.05) is 5.32 Å². The van der Waals surface area contributed by atoms with Crippen LogP contribution in [0.1, 0.15) is 11.3 Å². The highest BCUT2D eigenvalue weighted by atomic mass is 35.5. The van der Waals surface area contributed by atoms with Crippen molar-refractivity contribution in [2.45, 2.75) is 13.5 Å². The lowest BCUT2D eigenvalue weighted by molar-refractivity contribution is 1.06. The Morgan fingerprint density at radius 1 is 1.05 bits per heavy atom. The second-order valence-corrected chi connectivity index (χ2v) is 5.24. The molecule has 0 fully saturated rings. The predicted molar refractivity (Wildman–Crippen MR) is 85.3 cm³/mol. The summed E-state index contributed by atoms with van der Waals surface area (Å²) in [5.74, 6) is 0. The molecule has 0 aliphatic rings. The van der Waals surface area contributed by atoms with Crippen molar-refractivity contribution in [3.63, 3.8) is 0 Å². The number of halogens is 1. The van der Waals surface area contributed by atoms with Gasteiger partial charge in [-0.3, -0.25) is 4.98 Å². The Kier molecular flexibility index (Phi) is 3.57. The van der Waals surface area contributed by atoms with E-state index in [4.69, 9.17) is 11.6 Å². The number of nitrogens with one attached hydrogen (secondary N) is 1. The summed E-state index contributed by atoms with van der Waals surface area (Å²) in [5.41, 5.74) is 4.28. The van der Waals surface area contributed by atoms with Crippen LogP contribution >= 0.6 is 11.6 Å². The van der Waals surface area contributed by atoms with Gasteiger partial charge in [0.25, 0.3) is 0 Å². The molecule has 1 heterocycles. The Bertz CT molecular complexity index is 753. The molecule has 0 aliphatic carbocycles. The summed E-state index contributed by atoms with van der Waals surface area (Å²) in [7, 11) is 0. The zero-order valence-corrected chi connectivity index (χ0v) is 12.0. The molecule has 0 atom stereocenters. The third-order valence-corrected chi connectivity index (χ3v) is 3.54. The summed E-state index contributed by atoms with van der Waals surface area (Å²) < 4.78 is 0. The molecule has 0 aliphatic heterocycles. The zero-order chi connectivity index (χ0) is 13.9. The number of hydrogen-bond donors (Lipinski definition) is 1. The number of nitrogens with zero attached hydrogens (tertiary/aromatic N) is 1. The topological polar surface area (TPSA) is 24.9 Å². The van der Waals surface area contributed by atoms with Gasteiger partial charge in [0.2, 0.25) is 0 Å². The average molecular weight is 283 g/mol. The van der Waals surface area contributed by atoms with Gasteiger partial charge in [-0.15, -0.1) is 0 Å². The molecule has 0 saturated carbocycles. The van der Waals surface area contributed by atoms with Crippen molar-refractivity contribution >= 4 is 28.2 Å².